The van der Waals surface area contributed by atoms with E-state index in [1.807, 2.05) is 66.7 Å². The second kappa shape index (κ2) is 7.49. The van der Waals surface area contributed by atoms with Crippen molar-refractivity contribution in [3.63, 3.8) is 0 Å². The summed E-state index contributed by atoms with van der Waals surface area (Å²) in [4.78, 5) is 12.3. The van der Waals surface area contributed by atoms with Crippen LogP contribution < -0.4 is 4.74 Å². The second-order valence-corrected chi connectivity index (χ2v) is 7.48. The molecule has 0 heterocycles. The van der Waals surface area contributed by atoms with Crippen molar-refractivity contribution in [1.29, 1.82) is 0 Å². The molecule has 0 saturated heterocycles. The van der Waals surface area contributed by atoms with E-state index in [1.54, 1.807) is 7.11 Å². The van der Waals surface area contributed by atoms with Crippen LogP contribution in [0.3, 0.4) is 0 Å². The Hall–Kier alpha value is -1.65. The van der Waals surface area contributed by atoms with Crippen LogP contribution in [0.2, 0.25) is 0 Å². The highest BCUT2D eigenvalue weighted by Crippen LogP contribution is 2.34. The van der Waals surface area contributed by atoms with Gasteiger partial charge in [-0.2, -0.15) is 0 Å². The predicted molar refractivity (Wildman–Crippen MR) is 106 cm³/mol. The Labute approximate surface area is 158 Å². The minimum absolute atomic E-state index is 0.0541. The number of rotatable bonds is 5. The molecule has 0 aromatic heterocycles. The van der Waals surface area contributed by atoms with Crippen molar-refractivity contribution < 1.29 is 9.53 Å². The molecule has 2 atom stereocenters. The number of halogens is 2. The van der Waals surface area contributed by atoms with Crippen LogP contribution in [0.25, 0.3) is 10.8 Å². The summed E-state index contributed by atoms with van der Waals surface area (Å²) in [7, 11) is 1.64. The molecule has 0 bridgehead atoms. The number of ether oxygens (including phenoxy) is 1. The van der Waals surface area contributed by atoms with Gasteiger partial charge in [0.1, 0.15) is 5.75 Å². The monoisotopic (exact) mass is 446 g/mol. The SMILES string of the molecule is COc1ccc([C@H](Br)[C@H](Br)C(=O)c2ccc3ccccc3c2)cc1. The largest absolute Gasteiger partial charge is 0.497 e. The van der Waals surface area contributed by atoms with Gasteiger partial charge in [-0.25, -0.2) is 0 Å². The topological polar surface area (TPSA) is 26.3 Å². The zero-order chi connectivity index (χ0) is 17.1. The first kappa shape index (κ1) is 17.2. The van der Waals surface area contributed by atoms with Gasteiger partial charge in [0.15, 0.2) is 5.78 Å². The number of hydrogen-bond acceptors (Lipinski definition) is 2. The maximum atomic E-state index is 12.8. The molecule has 3 aromatic rings. The van der Waals surface area contributed by atoms with Crippen molar-refractivity contribution in [3.8, 4) is 5.75 Å². The molecule has 122 valence electrons. The Morgan fingerprint density at radius 1 is 0.917 bits per heavy atom. The van der Waals surface area contributed by atoms with Gasteiger partial charge in [0.05, 0.1) is 16.8 Å². The van der Waals surface area contributed by atoms with Crippen molar-refractivity contribution in [2.45, 2.75) is 9.65 Å². The normalized spacial score (nSPS) is 13.5. The Kier molecular flexibility index (Phi) is 5.36. The summed E-state index contributed by atoms with van der Waals surface area (Å²) in [5, 5.41) is 2.20. The fourth-order valence-corrected chi connectivity index (χ4v) is 3.71. The molecular formula is C20H16Br2O2. The number of carbonyl (C=O) groups is 1. The van der Waals surface area contributed by atoms with Crippen molar-refractivity contribution in [1.82, 2.24) is 0 Å². The first-order chi connectivity index (χ1) is 11.6. The minimum Gasteiger partial charge on any atom is -0.497 e. The summed E-state index contributed by atoms with van der Waals surface area (Å²) in [5.41, 5.74) is 1.72. The van der Waals surface area contributed by atoms with Gasteiger partial charge in [-0.1, -0.05) is 80.4 Å². The standard InChI is InChI=1S/C20H16Br2O2/c1-24-17-10-8-14(9-11-17)18(21)19(22)20(23)16-7-6-13-4-2-3-5-15(13)12-16/h2-12,18-19H,1H3/t18-,19-/m0/s1. The number of carbonyl (C=O) groups excluding carboxylic acids is 1. The van der Waals surface area contributed by atoms with Crippen LogP contribution in [-0.2, 0) is 0 Å². The Balaban J connectivity index is 1.83. The minimum atomic E-state index is -0.355. The van der Waals surface area contributed by atoms with Crippen LogP contribution in [0.4, 0.5) is 0 Å². The smallest absolute Gasteiger partial charge is 0.177 e. The van der Waals surface area contributed by atoms with E-state index in [4.69, 9.17) is 4.74 Å². The maximum Gasteiger partial charge on any atom is 0.177 e. The maximum absolute atomic E-state index is 12.8. The molecule has 24 heavy (non-hydrogen) atoms. The molecule has 0 aliphatic rings. The Bertz CT molecular complexity index is 859. The summed E-state index contributed by atoms with van der Waals surface area (Å²) in [6, 6.07) is 21.5. The molecule has 2 nitrogen and oxygen atoms in total. The van der Waals surface area contributed by atoms with Gasteiger partial charge < -0.3 is 4.74 Å². The number of ketones is 1. The van der Waals surface area contributed by atoms with E-state index in [1.165, 1.54) is 0 Å². The average Bonchev–Trinajstić information content (AvgIpc) is 2.66. The van der Waals surface area contributed by atoms with Crippen LogP contribution in [0.15, 0.2) is 66.7 Å². The van der Waals surface area contributed by atoms with Crippen LogP contribution in [-0.4, -0.2) is 17.7 Å². The molecule has 0 aliphatic carbocycles. The lowest BCUT2D eigenvalue weighted by atomic mass is 10.00. The third kappa shape index (κ3) is 3.55. The van der Waals surface area contributed by atoms with Gasteiger partial charge in [0, 0.05) is 5.56 Å². The van der Waals surface area contributed by atoms with Gasteiger partial charge in [-0.15, -0.1) is 0 Å². The summed E-state index contributed by atoms with van der Waals surface area (Å²) >= 11 is 7.19. The number of hydrogen-bond donors (Lipinski definition) is 0. The third-order valence-corrected chi connectivity index (χ3v) is 6.69. The van der Waals surface area contributed by atoms with Gasteiger partial charge in [-0.3, -0.25) is 4.79 Å². The molecular weight excluding hydrogens is 432 g/mol. The lowest BCUT2D eigenvalue weighted by Crippen LogP contribution is -2.19. The second-order valence-electron chi connectivity index (χ2n) is 5.50. The lowest BCUT2D eigenvalue weighted by Gasteiger charge is -2.17. The molecule has 0 aliphatic heterocycles. The van der Waals surface area contributed by atoms with Crippen molar-refractivity contribution in [2.75, 3.05) is 7.11 Å². The first-order valence-electron chi connectivity index (χ1n) is 7.55. The van der Waals surface area contributed by atoms with E-state index < -0.39 is 0 Å². The van der Waals surface area contributed by atoms with Gasteiger partial charge in [0.25, 0.3) is 0 Å². The quantitative estimate of drug-likeness (QED) is 0.357. The van der Waals surface area contributed by atoms with E-state index in [0.717, 1.165) is 22.1 Å². The molecule has 0 fully saturated rings. The lowest BCUT2D eigenvalue weighted by molar-refractivity contribution is 0.0991. The molecule has 3 aromatic carbocycles. The molecule has 0 N–H and O–H groups in total. The van der Waals surface area contributed by atoms with Crippen LogP contribution in [0.1, 0.15) is 20.7 Å². The highest BCUT2D eigenvalue weighted by Gasteiger charge is 2.26. The molecule has 0 radical (unpaired) electrons. The van der Waals surface area contributed by atoms with Crippen LogP contribution in [0, 0.1) is 0 Å². The van der Waals surface area contributed by atoms with E-state index in [-0.39, 0.29) is 15.4 Å². The highest BCUT2D eigenvalue weighted by molar-refractivity contribution is 9.12. The first-order valence-corrected chi connectivity index (χ1v) is 9.38. The Morgan fingerprint density at radius 2 is 1.58 bits per heavy atom. The fourth-order valence-electron chi connectivity index (χ4n) is 2.59. The van der Waals surface area contributed by atoms with E-state index >= 15 is 0 Å². The van der Waals surface area contributed by atoms with E-state index in [2.05, 4.69) is 31.9 Å². The summed E-state index contributed by atoms with van der Waals surface area (Å²) in [5.74, 6) is 0.851. The summed E-state index contributed by atoms with van der Waals surface area (Å²) < 4.78 is 5.17. The Morgan fingerprint density at radius 3 is 2.25 bits per heavy atom. The molecule has 0 amide bonds. The molecule has 4 heteroatoms. The van der Waals surface area contributed by atoms with Crippen molar-refractivity contribution in [3.05, 3.63) is 77.9 Å². The average molecular weight is 448 g/mol. The van der Waals surface area contributed by atoms with Crippen molar-refractivity contribution in [2.24, 2.45) is 0 Å². The van der Waals surface area contributed by atoms with Gasteiger partial charge in [0.2, 0.25) is 0 Å². The molecule has 3 rings (SSSR count). The number of methoxy groups -OCH3 is 1. The zero-order valence-corrected chi connectivity index (χ0v) is 16.2. The number of alkyl halides is 2. The number of Topliss-reactive ketones (excluding diaryl/α,β-unsaturated/α-hetero) is 1. The number of benzene rings is 3. The predicted octanol–water partition coefficient (Wildman–Crippen LogP) is 5.93. The molecule has 0 unspecified atom stereocenters. The highest BCUT2D eigenvalue weighted by atomic mass is 79.9. The van der Waals surface area contributed by atoms with E-state index in [9.17, 15) is 4.79 Å². The summed E-state index contributed by atoms with van der Waals surface area (Å²) in [6.45, 7) is 0. The molecule has 0 saturated carbocycles. The van der Waals surface area contributed by atoms with Crippen molar-refractivity contribution >= 4 is 48.4 Å². The zero-order valence-electron chi connectivity index (χ0n) is 13.1. The van der Waals surface area contributed by atoms with Crippen LogP contribution in [0.5, 0.6) is 5.75 Å². The third-order valence-electron chi connectivity index (χ3n) is 3.98. The van der Waals surface area contributed by atoms with Gasteiger partial charge in [-0.05, 0) is 34.5 Å². The van der Waals surface area contributed by atoms with Gasteiger partial charge >= 0.3 is 0 Å². The number of fused-ring (bicyclic) bond motifs is 1. The van der Waals surface area contributed by atoms with E-state index in [0.29, 0.717) is 5.56 Å². The van der Waals surface area contributed by atoms with Crippen LogP contribution >= 0.6 is 31.9 Å². The fraction of sp³-hybridized carbons (Fsp3) is 0.150. The summed E-state index contributed by atoms with van der Waals surface area (Å²) in [6.07, 6.45) is 0. The molecule has 0 spiro atoms.